The average molecular weight is 307 g/mol. The van der Waals surface area contributed by atoms with Gasteiger partial charge in [-0.15, -0.1) is 0 Å². The van der Waals surface area contributed by atoms with Gasteiger partial charge in [-0.25, -0.2) is 4.98 Å². The fourth-order valence-electron chi connectivity index (χ4n) is 1.80. The van der Waals surface area contributed by atoms with Crippen LogP contribution in [0.3, 0.4) is 0 Å². The summed E-state index contributed by atoms with van der Waals surface area (Å²) >= 11 is 9.22. The van der Waals surface area contributed by atoms with Crippen LogP contribution in [0.25, 0.3) is 0 Å². The number of carbonyl (C=O) groups excluding carboxylic acids is 1. The number of amides is 1. The van der Waals surface area contributed by atoms with Crippen molar-refractivity contribution in [3.05, 3.63) is 15.6 Å². The topological polar surface area (TPSA) is 38.1 Å². The molecule has 0 aromatic carbocycles. The molecular weight excluding hydrogens is 293 g/mol. The minimum absolute atomic E-state index is 0.0210. The van der Waals surface area contributed by atoms with Gasteiger partial charge < -0.3 is 9.47 Å². The maximum absolute atomic E-state index is 12.1. The molecule has 4 nitrogen and oxygen atoms in total. The molecule has 0 fully saturated rings. The van der Waals surface area contributed by atoms with E-state index in [2.05, 4.69) is 27.8 Å². The van der Waals surface area contributed by atoms with Gasteiger partial charge in [-0.2, -0.15) is 0 Å². The summed E-state index contributed by atoms with van der Waals surface area (Å²) in [5.41, 5.74) is 0. The van der Waals surface area contributed by atoms with Gasteiger partial charge in [-0.3, -0.25) is 4.79 Å². The Morgan fingerprint density at radius 1 is 1.50 bits per heavy atom. The molecule has 16 heavy (non-hydrogen) atoms. The smallest absolute Gasteiger partial charge is 0.290 e. The van der Waals surface area contributed by atoms with Crippen LogP contribution in [-0.4, -0.2) is 33.4 Å². The molecule has 0 aliphatic carbocycles. The Bertz CT molecular complexity index is 418. The number of hydrogen-bond donors (Lipinski definition) is 0. The van der Waals surface area contributed by atoms with Crippen LogP contribution >= 0.6 is 27.5 Å². The summed E-state index contributed by atoms with van der Waals surface area (Å²) in [5, 5.41) is 0.362. The van der Waals surface area contributed by atoms with Crippen LogP contribution in [0.4, 0.5) is 0 Å². The van der Waals surface area contributed by atoms with Crippen molar-refractivity contribution in [3.8, 4) is 0 Å². The molecule has 1 amide bonds. The molecule has 2 rings (SSSR count). The number of unbranched alkanes of at least 4 members (excludes halogenated alkanes) is 1. The lowest BCUT2D eigenvalue weighted by Gasteiger charge is -2.27. The van der Waals surface area contributed by atoms with Gasteiger partial charge in [0, 0.05) is 19.6 Å². The third-order valence-electron chi connectivity index (χ3n) is 2.72. The van der Waals surface area contributed by atoms with Crippen LogP contribution in [0.5, 0.6) is 0 Å². The largest absolute Gasteiger partial charge is 0.334 e. The first-order valence-corrected chi connectivity index (χ1v) is 6.53. The van der Waals surface area contributed by atoms with Crippen molar-refractivity contribution >= 4 is 33.4 Å². The van der Waals surface area contributed by atoms with Crippen molar-refractivity contribution in [2.24, 2.45) is 0 Å². The Kier molecular flexibility index (Phi) is 3.54. The van der Waals surface area contributed by atoms with Gasteiger partial charge in [0.05, 0.1) is 0 Å². The summed E-state index contributed by atoms with van der Waals surface area (Å²) in [4.78, 5) is 18.0. The number of hydrogen-bond acceptors (Lipinski definition) is 2. The second-order valence-corrected chi connectivity index (χ2v) is 4.92. The molecular formula is C10H13BrClN3O. The minimum Gasteiger partial charge on any atom is -0.334 e. The van der Waals surface area contributed by atoms with E-state index in [0.717, 1.165) is 32.5 Å². The molecule has 1 aromatic heterocycles. The van der Waals surface area contributed by atoms with Crippen LogP contribution < -0.4 is 0 Å². The Labute approximate surface area is 108 Å². The molecule has 2 heterocycles. The Hall–Kier alpha value is -0.550. The Morgan fingerprint density at radius 3 is 2.94 bits per heavy atom. The minimum atomic E-state index is -0.0210. The SMILES string of the molecule is CCCCN1CCn2c(nc(Cl)c2Br)C1=O. The summed E-state index contributed by atoms with van der Waals surface area (Å²) < 4.78 is 2.53. The molecule has 6 heteroatoms. The normalized spacial score (nSPS) is 15.4. The highest BCUT2D eigenvalue weighted by molar-refractivity contribution is 9.10. The van der Waals surface area contributed by atoms with Gasteiger partial charge in [0.25, 0.3) is 5.91 Å². The number of rotatable bonds is 3. The van der Waals surface area contributed by atoms with Crippen LogP contribution in [-0.2, 0) is 6.54 Å². The van der Waals surface area contributed by atoms with E-state index in [9.17, 15) is 4.79 Å². The summed E-state index contributed by atoms with van der Waals surface area (Å²) in [5.74, 6) is 0.423. The quantitative estimate of drug-likeness (QED) is 0.861. The lowest BCUT2D eigenvalue weighted by atomic mass is 10.2. The first kappa shape index (κ1) is 11.9. The number of imidazole rings is 1. The zero-order valence-corrected chi connectivity index (χ0v) is 11.4. The lowest BCUT2D eigenvalue weighted by molar-refractivity contribution is 0.0693. The molecule has 0 atom stereocenters. The van der Waals surface area contributed by atoms with Crippen LogP contribution in [0.2, 0.25) is 5.15 Å². The van der Waals surface area contributed by atoms with Crippen molar-refractivity contribution in [3.63, 3.8) is 0 Å². The first-order valence-electron chi connectivity index (χ1n) is 5.36. The predicted octanol–water partition coefficient (Wildman–Crippen LogP) is 2.55. The van der Waals surface area contributed by atoms with Crippen LogP contribution in [0.15, 0.2) is 4.60 Å². The maximum atomic E-state index is 12.1. The van der Waals surface area contributed by atoms with Crippen molar-refractivity contribution in [1.29, 1.82) is 0 Å². The van der Waals surface area contributed by atoms with E-state index in [4.69, 9.17) is 11.6 Å². The van der Waals surface area contributed by atoms with E-state index in [1.54, 1.807) is 0 Å². The van der Waals surface area contributed by atoms with Gasteiger partial charge in [0.2, 0.25) is 5.82 Å². The molecule has 1 aliphatic heterocycles. The molecule has 0 radical (unpaired) electrons. The zero-order valence-electron chi connectivity index (χ0n) is 9.04. The Morgan fingerprint density at radius 2 is 2.25 bits per heavy atom. The van der Waals surface area contributed by atoms with Crippen molar-refractivity contribution in [1.82, 2.24) is 14.5 Å². The van der Waals surface area contributed by atoms with Crippen molar-refractivity contribution < 1.29 is 4.79 Å². The standard InChI is InChI=1S/C10H13BrClN3O/c1-2-3-4-14-5-6-15-7(11)8(12)13-9(15)10(14)16/h2-6H2,1H3. The number of carbonyl (C=O) groups is 1. The highest BCUT2D eigenvalue weighted by atomic mass is 79.9. The van der Waals surface area contributed by atoms with Crippen LogP contribution in [0.1, 0.15) is 30.4 Å². The predicted molar refractivity (Wildman–Crippen MR) is 65.7 cm³/mol. The molecule has 0 saturated heterocycles. The van der Waals surface area contributed by atoms with E-state index in [1.807, 2.05) is 9.47 Å². The average Bonchev–Trinajstić information content (AvgIpc) is 2.56. The van der Waals surface area contributed by atoms with E-state index in [-0.39, 0.29) is 5.91 Å². The summed E-state index contributed by atoms with van der Waals surface area (Å²) in [6, 6.07) is 0. The van der Waals surface area contributed by atoms with Crippen LogP contribution in [0, 0.1) is 0 Å². The van der Waals surface area contributed by atoms with Crippen molar-refractivity contribution in [2.75, 3.05) is 13.1 Å². The molecule has 0 N–H and O–H groups in total. The maximum Gasteiger partial charge on any atom is 0.290 e. The van der Waals surface area contributed by atoms with Gasteiger partial charge >= 0.3 is 0 Å². The molecule has 88 valence electrons. The molecule has 0 spiro atoms. The second-order valence-electron chi connectivity index (χ2n) is 3.81. The third-order valence-corrected chi connectivity index (χ3v) is 4.02. The zero-order chi connectivity index (χ0) is 11.7. The highest BCUT2D eigenvalue weighted by Crippen LogP contribution is 2.26. The first-order chi connectivity index (χ1) is 7.65. The number of fused-ring (bicyclic) bond motifs is 1. The highest BCUT2D eigenvalue weighted by Gasteiger charge is 2.28. The third kappa shape index (κ3) is 1.98. The summed E-state index contributed by atoms with van der Waals surface area (Å²) in [7, 11) is 0. The second kappa shape index (κ2) is 4.75. The molecule has 0 bridgehead atoms. The lowest BCUT2D eigenvalue weighted by Crippen LogP contribution is -2.41. The number of halogens is 2. The van der Waals surface area contributed by atoms with Gasteiger partial charge in [0.15, 0.2) is 5.15 Å². The monoisotopic (exact) mass is 305 g/mol. The van der Waals surface area contributed by atoms with Gasteiger partial charge in [0.1, 0.15) is 4.60 Å². The van der Waals surface area contributed by atoms with Gasteiger partial charge in [-0.05, 0) is 22.4 Å². The molecule has 0 unspecified atom stereocenters. The van der Waals surface area contributed by atoms with Gasteiger partial charge in [-0.1, -0.05) is 24.9 Å². The van der Waals surface area contributed by atoms with Crippen molar-refractivity contribution in [2.45, 2.75) is 26.3 Å². The fraction of sp³-hybridized carbons (Fsp3) is 0.600. The van der Waals surface area contributed by atoms with E-state index in [1.165, 1.54) is 0 Å². The Balaban J connectivity index is 2.22. The van der Waals surface area contributed by atoms with E-state index >= 15 is 0 Å². The van der Waals surface area contributed by atoms with E-state index < -0.39 is 0 Å². The molecule has 1 aromatic rings. The summed E-state index contributed by atoms with van der Waals surface area (Å²) in [6.45, 7) is 4.41. The fourth-order valence-corrected chi connectivity index (χ4v) is 2.41. The number of aromatic nitrogens is 2. The van der Waals surface area contributed by atoms with E-state index in [0.29, 0.717) is 15.6 Å². The molecule has 0 saturated carbocycles. The number of nitrogens with zero attached hydrogens (tertiary/aromatic N) is 3. The molecule has 1 aliphatic rings. The summed E-state index contributed by atoms with van der Waals surface area (Å²) in [6.07, 6.45) is 2.12.